The van der Waals surface area contributed by atoms with E-state index in [0.29, 0.717) is 57.0 Å². The van der Waals surface area contributed by atoms with E-state index >= 15 is 4.39 Å². The third-order valence-electron chi connectivity index (χ3n) is 5.29. The smallest absolute Gasteiger partial charge is 0.228 e. The van der Waals surface area contributed by atoms with Gasteiger partial charge in [0.15, 0.2) is 11.6 Å². The molecule has 2 aromatic rings. The zero-order valence-electron chi connectivity index (χ0n) is 16.8. The number of hydrogen-bond donors (Lipinski definition) is 0. The molecule has 2 saturated heterocycles. The molecule has 2 fully saturated rings. The first-order valence-corrected chi connectivity index (χ1v) is 10.2. The maximum absolute atomic E-state index is 15.5. The second kappa shape index (κ2) is 8.59. The maximum Gasteiger partial charge on any atom is 0.228 e. The van der Waals surface area contributed by atoms with Crippen LogP contribution < -0.4 is 19.6 Å². The van der Waals surface area contributed by atoms with Gasteiger partial charge in [-0.05, 0) is 12.1 Å². The van der Waals surface area contributed by atoms with Gasteiger partial charge in [-0.3, -0.25) is 0 Å². The Kier molecular flexibility index (Phi) is 5.91. The van der Waals surface area contributed by atoms with Crippen LogP contribution in [0.2, 0.25) is 5.02 Å². The molecule has 2 aliphatic rings. The molecule has 29 heavy (non-hydrogen) atoms. The third kappa shape index (κ3) is 4.18. The van der Waals surface area contributed by atoms with E-state index in [1.807, 2.05) is 53.1 Å². The van der Waals surface area contributed by atoms with Crippen molar-refractivity contribution in [1.29, 1.82) is 0 Å². The lowest BCUT2D eigenvalue weighted by atomic mass is 10.2. The minimum atomic E-state index is -0.358. The van der Waals surface area contributed by atoms with Gasteiger partial charge in [-0.1, -0.05) is 23.7 Å². The number of para-hydroxylation sites is 1. The molecule has 9 heteroatoms. The van der Waals surface area contributed by atoms with E-state index in [4.69, 9.17) is 16.3 Å². The summed E-state index contributed by atoms with van der Waals surface area (Å²) in [6.45, 7) is 5.22. The van der Waals surface area contributed by atoms with Crippen LogP contribution in [0.5, 0.6) is 0 Å². The molecule has 2 aliphatic heterocycles. The normalized spacial score (nSPS) is 17.6. The number of ether oxygens (including phenoxy) is 1. The maximum atomic E-state index is 15.5. The number of morpholine rings is 1. The molecule has 0 bridgehead atoms. The molecule has 0 aliphatic carbocycles. The number of nitrogens with zero attached hydrogens (tertiary/aromatic N) is 6. The van der Waals surface area contributed by atoms with E-state index in [9.17, 15) is 0 Å². The van der Waals surface area contributed by atoms with Crippen molar-refractivity contribution >= 4 is 34.9 Å². The highest BCUT2D eigenvalue weighted by Gasteiger charge is 2.27. The number of benzene rings is 1. The molecular formula is C20H26ClFN6O. The van der Waals surface area contributed by atoms with Crippen molar-refractivity contribution < 1.29 is 9.13 Å². The first kappa shape index (κ1) is 20.0. The van der Waals surface area contributed by atoms with Crippen LogP contribution in [0.1, 0.15) is 0 Å². The molecule has 0 N–H and O–H groups in total. The molecule has 0 unspecified atom stereocenters. The van der Waals surface area contributed by atoms with Crippen LogP contribution in [0.25, 0.3) is 0 Å². The van der Waals surface area contributed by atoms with Gasteiger partial charge < -0.3 is 24.3 Å². The van der Waals surface area contributed by atoms with Gasteiger partial charge in [0.2, 0.25) is 11.8 Å². The fraction of sp³-hybridized carbons (Fsp3) is 0.500. The summed E-state index contributed by atoms with van der Waals surface area (Å²) < 4.78 is 20.9. The Labute approximate surface area is 175 Å². The quantitative estimate of drug-likeness (QED) is 0.753. The summed E-state index contributed by atoms with van der Waals surface area (Å²) in [4.78, 5) is 17.0. The van der Waals surface area contributed by atoms with E-state index in [0.717, 1.165) is 23.8 Å². The van der Waals surface area contributed by atoms with Crippen LogP contribution in [0, 0.1) is 5.82 Å². The van der Waals surface area contributed by atoms with Gasteiger partial charge in [0.05, 0.1) is 23.9 Å². The fourth-order valence-corrected chi connectivity index (χ4v) is 3.93. The largest absolute Gasteiger partial charge is 0.378 e. The Hall–Kier alpha value is -2.32. The minimum Gasteiger partial charge on any atom is -0.378 e. The second-order valence-electron chi connectivity index (χ2n) is 7.40. The van der Waals surface area contributed by atoms with Gasteiger partial charge >= 0.3 is 0 Å². The number of piperazine rings is 1. The van der Waals surface area contributed by atoms with Crippen molar-refractivity contribution in [3.8, 4) is 0 Å². The highest BCUT2D eigenvalue weighted by Crippen LogP contribution is 2.31. The lowest BCUT2D eigenvalue weighted by Crippen LogP contribution is -2.47. The van der Waals surface area contributed by atoms with Crippen molar-refractivity contribution in [2.75, 3.05) is 86.2 Å². The van der Waals surface area contributed by atoms with Gasteiger partial charge in [0, 0.05) is 53.4 Å². The number of hydrogen-bond acceptors (Lipinski definition) is 7. The van der Waals surface area contributed by atoms with E-state index in [2.05, 4.69) is 14.9 Å². The lowest BCUT2D eigenvalue weighted by molar-refractivity contribution is 0.122. The molecule has 0 amide bonds. The topological polar surface area (TPSA) is 48.0 Å². The number of anilines is 4. The summed E-state index contributed by atoms with van der Waals surface area (Å²) in [7, 11) is 3.74. The molecule has 0 atom stereocenters. The second-order valence-corrected chi connectivity index (χ2v) is 7.81. The fourth-order valence-electron chi connectivity index (χ4n) is 3.67. The molecular weight excluding hydrogens is 395 g/mol. The molecule has 0 spiro atoms. The van der Waals surface area contributed by atoms with Crippen LogP contribution in [0.4, 0.5) is 27.7 Å². The van der Waals surface area contributed by atoms with Crippen LogP contribution >= 0.6 is 11.6 Å². The van der Waals surface area contributed by atoms with E-state index < -0.39 is 0 Å². The SMILES string of the molecule is CN(C)c1nc(N2CCOCC2)c(F)c(N2CCN(c3ccccc3Cl)CC2)n1. The first-order valence-electron chi connectivity index (χ1n) is 9.86. The van der Waals surface area contributed by atoms with Crippen LogP contribution in [-0.4, -0.2) is 76.5 Å². The van der Waals surface area contributed by atoms with Gasteiger partial charge in [-0.15, -0.1) is 0 Å². The van der Waals surface area contributed by atoms with Crippen LogP contribution in [0.15, 0.2) is 24.3 Å². The van der Waals surface area contributed by atoms with Crippen molar-refractivity contribution in [2.24, 2.45) is 0 Å². The average Bonchev–Trinajstić information content (AvgIpc) is 2.75. The van der Waals surface area contributed by atoms with Crippen molar-refractivity contribution in [2.45, 2.75) is 0 Å². The van der Waals surface area contributed by atoms with Crippen molar-refractivity contribution in [1.82, 2.24) is 9.97 Å². The van der Waals surface area contributed by atoms with E-state index in [-0.39, 0.29) is 5.82 Å². The Balaban J connectivity index is 1.58. The summed E-state index contributed by atoms with van der Waals surface area (Å²) in [6.07, 6.45) is 0. The molecule has 1 aromatic carbocycles. The van der Waals surface area contributed by atoms with Crippen molar-refractivity contribution in [3.05, 3.63) is 35.1 Å². The Morgan fingerprint density at radius 1 is 0.897 bits per heavy atom. The molecule has 0 radical (unpaired) electrons. The summed E-state index contributed by atoms with van der Waals surface area (Å²) in [5, 5.41) is 0.735. The monoisotopic (exact) mass is 420 g/mol. The molecule has 156 valence electrons. The first-order chi connectivity index (χ1) is 14.0. The summed E-state index contributed by atoms with van der Waals surface area (Å²) in [5.41, 5.74) is 1.01. The summed E-state index contributed by atoms with van der Waals surface area (Å²) >= 11 is 6.34. The molecule has 1 aromatic heterocycles. The Bertz CT molecular complexity index is 853. The standard InChI is InChI=1S/C20H26ClFN6O/c1-25(2)20-23-18(17(22)19(24-20)28-11-13-29-14-12-28)27-9-7-26(8-10-27)16-6-4-3-5-15(16)21/h3-6H,7-14H2,1-2H3. The number of rotatable bonds is 4. The van der Waals surface area contributed by atoms with Gasteiger partial charge in [0.1, 0.15) is 0 Å². The molecule has 3 heterocycles. The average molecular weight is 421 g/mol. The predicted molar refractivity (Wildman–Crippen MR) is 115 cm³/mol. The van der Waals surface area contributed by atoms with Crippen molar-refractivity contribution in [3.63, 3.8) is 0 Å². The van der Waals surface area contributed by atoms with Crippen LogP contribution in [-0.2, 0) is 4.74 Å². The molecule has 7 nitrogen and oxygen atoms in total. The van der Waals surface area contributed by atoms with E-state index in [1.54, 1.807) is 0 Å². The van der Waals surface area contributed by atoms with Gasteiger partial charge in [0.25, 0.3) is 0 Å². The third-order valence-corrected chi connectivity index (χ3v) is 5.61. The highest BCUT2D eigenvalue weighted by molar-refractivity contribution is 6.33. The van der Waals surface area contributed by atoms with Crippen LogP contribution in [0.3, 0.4) is 0 Å². The van der Waals surface area contributed by atoms with E-state index in [1.165, 1.54) is 0 Å². The lowest BCUT2D eigenvalue weighted by Gasteiger charge is -2.38. The predicted octanol–water partition coefficient (Wildman–Crippen LogP) is 2.50. The summed E-state index contributed by atoms with van der Waals surface area (Å²) in [5.74, 6) is 0.875. The zero-order chi connectivity index (χ0) is 20.4. The highest BCUT2D eigenvalue weighted by atomic mass is 35.5. The molecule has 0 saturated carbocycles. The van der Waals surface area contributed by atoms with Gasteiger partial charge in [-0.25, -0.2) is 0 Å². The van der Waals surface area contributed by atoms with Gasteiger partial charge in [-0.2, -0.15) is 14.4 Å². The molecule has 4 rings (SSSR count). The Morgan fingerprint density at radius 2 is 1.45 bits per heavy atom. The summed E-state index contributed by atoms with van der Waals surface area (Å²) in [6, 6.07) is 7.82. The Morgan fingerprint density at radius 3 is 2.03 bits per heavy atom. The zero-order valence-corrected chi connectivity index (χ0v) is 17.6. The minimum absolute atomic E-state index is 0.357. The number of halogens is 2. The number of aromatic nitrogens is 2.